The van der Waals surface area contributed by atoms with Crippen molar-refractivity contribution in [3.63, 3.8) is 0 Å². The zero-order chi connectivity index (χ0) is 21.0. The summed E-state index contributed by atoms with van der Waals surface area (Å²) in [6.07, 6.45) is 7.06. The highest BCUT2D eigenvalue weighted by atomic mass is 28.4. The predicted octanol–water partition coefficient (Wildman–Crippen LogP) is 5.28. The molecule has 0 saturated heterocycles. The molecule has 2 nitrogen and oxygen atoms in total. The Kier molecular flexibility index (Phi) is 7.03. The van der Waals surface area contributed by atoms with Gasteiger partial charge in [0.1, 0.15) is 0 Å². The fraction of sp³-hybridized carbons (Fsp3) is 0.538. The zero-order valence-electron chi connectivity index (χ0n) is 18.7. The molecule has 29 heavy (non-hydrogen) atoms. The van der Waals surface area contributed by atoms with Crippen LogP contribution < -0.4 is 10.4 Å². The van der Waals surface area contributed by atoms with Gasteiger partial charge in [-0.05, 0) is 47.0 Å². The highest BCUT2D eigenvalue weighted by molar-refractivity contribution is 6.99. The largest absolute Gasteiger partial charge is 0.404 e. The molecule has 0 bridgehead atoms. The summed E-state index contributed by atoms with van der Waals surface area (Å²) in [6.45, 7) is 9.54. The van der Waals surface area contributed by atoms with Gasteiger partial charge in [0.15, 0.2) is 0 Å². The molecule has 0 radical (unpaired) electrons. The topological polar surface area (TPSA) is 29.5 Å². The highest BCUT2D eigenvalue weighted by Crippen LogP contribution is 2.46. The van der Waals surface area contributed by atoms with Crippen molar-refractivity contribution in [2.24, 2.45) is 5.41 Å². The Bertz CT molecular complexity index is 700. The van der Waals surface area contributed by atoms with E-state index in [0.717, 1.165) is 19.3 Å². The van der Waals surface area contributed by atoms with E-state index in [1.54, 1.807) is 0 Å². The van der Waals surface area contributed by atoms with Gasteiger partial charge in [0.25, 0.3) is 8.32 Å². The van der Waals surface area contributed by atoms with Crippen molar-refractivity contribution in [2.75, 3.05) is 6.61 Å². The lowest BCUT2D eigenvalue weighted by atomic mass is 9.69. The van der Waals surface area contributed by atoms with Crippen LogP contribution in [-0.2, 0) is 4.43 Å². The van der Waals surface area contributed by atoms with E-state index < -0.39 is 8.32 Å². The van der Waals surface area contributed by atoms with Gasteiger partial charge in [0.05, 0.1) is 0 Å². The second kappa shape index (κ2) is 9.16. The molecule has 0 heterocycles. The summed E-state index contributed by atoms with van der Waals surface area (Å²) in [6, 6.07) is 21.8. The van der Waals surface area contributed by atoms with E-state index in [4.69, 9.17) is 4.43 Å². The first-order valence-electron chi connectivity index (χ1n) is 11.3. The van der Waals surface area contributed by atoms with Crippen LogP contribution in [0.3, 0.4) is 0 Å². The zero-order valence-corrected chi connectivity index (χ0v) is 19.7. The maximum atomic E-state index is 9.88. The molecule has 2 aromatic carbocycles. The molecule has 1 fully saturated rings. The van der Waals surface area contributed by atoms with E-state index in [1.807, 2.05) is 0 Å². The van der Waals surface area contributed by atoms with Gasteiger partial charge in [-0.2, -0.15) is 0 Å². The smallest absolute Gasteiger partial charge is 0.261 e. The Morgan fingerprint density at radius 3 is 1.79 bits per heavy atom. The molecule has 2 aromatic rings. The van der Waals surface area contributed by atoms with Gasteiger partial charge in [0, 0.05) is 12.7 Å². The lowest BCUT2D eigenvalue weighted by Crippen LogP contribution is -2.68. The van der Waals surface area contributed by atoms with E-state index in [1.165, 1.54) is 29.6 Å². The van der Waals surface area contributed by atoms with Gasteiger partial charge in [-0.1, -0.05) is 101 Å². The van der Waals surface area contributed by atoms with Crippen molar-refractivity contribution in [3.05, 3.63) is 60.7 Å². The molecular formula is C26H38O2Si. The van der Waals surface area contributed by atoms with E-state index in [9.17, 15) is 5.11 Å². The summed E-state index contributed by atoms with van der Waals surface area (Å²) >= 11 is 0. The Hall–Kier alpha value is -1.42. The lowest BCUT2D eigenvalue weighted by molar-refractivity contribution is 0.000765. The van der Waals surface area contributed by atoms with Gasteiger partial charge < -0.3 is 9.53 Å². The van der Waals surface area contributed by atoms with Gasteiger partial charge in [-0.25, -0.2) is 0 Å². The third-order valence-corrected chi connectivity index (χ3v) is 12.2. The maximum Gasteiger partial charge on any atom is 0.261 e. The number of benzene rings is 2. The molecular weight excluding hydrogens is 372 g/mol. The third-order valence-electron chi connectivity index (χ3n) is 7.09. The molecule has 0 aromatic heterocycles. The molecule has 1 aliphatic rings. The first-order chi connectivity index (χ1) is 13.9. The van der Waals surface area contributed by atoms with E-state index in [2.05, 4.69) is 88.4 Å². The average molecular weight is 411 g/mol. The molecule has 1 unspecified atom stereocenters. The van der Waals surface area contributed by atoms with Crippen LogP contribution in [0, 0.1) is 5.41 Å². The first-order valence-corrected chi connectivity index (χ1v) is 13.2. The monoisotopic (exact) mass is 410 g/mol. The fourth-order valence-corrected chi connectivity index (χ4v) is 10.2. The molecule has 0 aliphatic heterocycles. The first kappa shape index (κ1) is 22.3. The van der Waals surface area contributed by atoms with Crippen molar-refractivity contribution >= 4 is 18.7 Å². The van der Waals surface area contributed by atoms with Crippen LogP contribution in [0.5, 0.6) is 0 Å². The number of aliphatic hydroxyl groups excluding tert-OH is 1. The molecule has 0 amide bonds. The molecule has 0 spiro atoms. The van der Waals surface area contributed by atoms with Crippen LogP contribution in [0.25, 0.3) is 0 Å². The minimum atomic E-state index is -2.55. The Labute approximate surface area is 178 Å². The average Bonchev–Trinajstić information content (AvgIpc) is 2.73. The second-order valence-corrected chi connectivity index (χ2v) is 14.1. The second-order valence-electron chi connectivity index (χ2n) is 9.82. The van der Waals surface area contributed by atoms with Crippen LogP contribution >= 0.6 is 0 Å². The molecule has 158 valence electrons. The van der Waals surface area contributed by atoms with Gasteiger partial charge >= 0.3 is 0 Å². The summed E-state index contributed by atoms with van der Waals surface area (Å²) < 4.78 is 7.40. The summed E-state index contributed by atoms with van der Waals surface area (Å²) in [5, 5.41) is 12.5. The standard InChI is InChI=1S/C26H38O2Si/c1-22(26(20-21-27)18-12-7-13-19-26)28-29(25(2,3)4,23-14-8-5-9-15-23)24-16-10-6-11-17-24/h5-6,8-11,14-17,22,27H,7,12-13,18-21H2,1-4H3. The molecule has 1 saturated carbocycles. The van der Waals surface area contributed by atoms with Crippen LogP contribution in [-0.4, -0.2) is 26.1 Å². The predicted molar refractivity (Wildman–Crippen MR) is 125 cm³/mol. The molecule has 3 rings (SSSR count). The van der Waals surface area contributed by atoms with Gasteiger partial charge in [0.2, 0.25) is 0 Å². The number of hydrogen-bond acceptors (Lipinski definition) is 2. The van der Waals surface area contributed by atoms with Gasteiger partial charge in [-0.3, -0.25) is 0 Å². The van der Waals surface area contributed by atoms with E-state index >= 15 is 0 Å². The quantitative estimate of drug-likeness (QED) is 0.629. The van der Waals surface area contributed by atoms with Crippen LogP contribution in [0.4, 0.5) is 0 Å². The van der Waals surface area contributed by atoms with E-state index in [-0.39, 0.29) is 23.2 Å². The Morgan fingerprint density at radius 1 is 0.897 bits per heavy atom. The van der Waals surface area contributed by atoms with E-state index in [0.29, 0.717) is 0 Å². The fourth-order valence-electron chi connectivity index (χ4n) is 5.42. The van der Waals surface area contributed by atoms with Crippen molar-refractivity contribution < 1.29 is 9.53 Å². The minimum Gasteiger partial charge on any atom is -0.404 e. The molecule has 3 heteroatoms. The van der Waals surface area contributed by atoms with Crippen molar-refractivity contribution in [1.29, 1.82) is 0 Å². The van der Waals surface area contributed by atoms with Crippen LogP contribution in [0.2, 0.25) is 5.04 Å². The minimum absolute atomic E-state index is 0.0148. The number of hydrogen-bond donors (Lipinski definition) is 1. The van der Waals surface area contributed by atoms with Crippen LogP contribution in [0.15, 0.2) is 60.7 Å². The Morgan fingerprint density at radius 2 is 1.38 bits per heavy atom. The summed E-state index contributed by atoms with van der Waals surface area (Å²) in [5.41, 5.74) is 0.0834. The molecule has 1 aliphatic carbocycles. The van der Waals surface area contributed by atoms with Crippen molar-refractivity contribution in [1.82, 2.24) is 0 Å². The summed E-state index contributed by atoms with van der Waals surface area (Å²) in [7, 11) is -2.55. The van der Waals surface area contributed by atoms with Crippen molar-refractivity contribution in [3.8, 4) is 0 Å². The molecule has 1 atom stereocenters. The lowest BCUT2D eigenvalue weighted by Gasteiger charge is -2.50. The number of rotatable bonds is 7. The summed E-state index contributed by atoms with van der Waals surface area (Å²) in [4.78, 5) is 0. The van der Waals surface area contributed by atoms with Crippen molar-refractivity contribution in [2.45, 2.75) is 77.4 Å². The number of aliphatic hydroxyl groups is 1. The highest BCUT2D eigenvalue weighted by Gasteiger charge is 2.53. The van der Waals surface area contributed by atoms with Crippen LogP contribution in [0.1, 0.15) is 66.2 Å². The SMILES string of the molecule is CC(O[Si](c1ccccc1)(c1ccccc1)C(C)(C)C)C1(CCO)CCCCC1. The Balaban J connectivity index is 2.12. The van der Waals surface area contributed by atoms with Gasteiger partial charge in [-0.15, -0.1) is 0 Å². The third kappa shape index (κ3) is 4.37. The normalized spacial score (nSPS) is 18.4. The molecule has 1 N–H and O–H groups in total. The summed E-state index contributed by atoms with van der Waals surface area (Å²) in [5.74, 6) is 0. The maximum absolute atomic E-state index is 9.88.